The topological polar surface area (TPSA) is 37.4 Å². The van der Waals surface area contributed by atoms with Crippen molar-refractivity contribution in [3.8, 4) is 5.88 Å². The van der Waals surface area contributed by atoms with Gasteiger partial charge in [-0.3, -0.25) is 0 Å². The molecule has 0 amide bonds. The van der Waals surface area contributed by atoms with E-state index in [1.165, 1.54) is 18.4 Å². The third-order valence-electron chi connectivity index (χ3n) is 3.56. The first-order valence-electron chi connectivity index (χ1n) is 6.67. The standard InChI is InChI=1S/C14H23N3O/c1-11(15-2)12-4-7-14(16-10-12)18-9-8-17(3)13-5-6-13/h4,7,10-11,13,15H,5-6,8-9H2,1-3H3. The Bertz CT molecular complexity index is 362. The molecule has 0 radical (unpaired) electrons. The summed E-state index contributed by atoms with van der Waals surface area (Å²) in [5.41, 5.74) is 1.18. The van der Waals surface area contributed by atoms with E-state index in [0.29, 0.717) is 18.5 Å². The van der Waals surface area contributed by atoms with Gasteiger partial charge in [-0.1, -0.05) is 6.07 Å². The molecule has 0 bridgehead atoms. The first-order chi connectivity index (χ1) is 8.70. The highest BCUT2D eigenvalue weighted by atomic mass is 16.5. The molecule has 18 heavy (non-hydrogen) atoms. The normalized spacial score (nSPS) is 16.9. The SMILES string of the molecule is CNC(C)c1ccc(OCCN(C)C2CC2)nc1. The van der Waals surface area contributed by atoms with E-state index in [-0.39, 0.29) is 0 Å². The quantitative estimate of drug-likeness (QED) is 0.800. The van der Waals surface area contributed by atoms with Crippen LogP contribution in [0.5, 0.6) is 5.88 Å². The summed E-state index contributed by atoms with van der Waals surface area (Å²) < 4.78 is 5.65. The van der Waals surface area contributed by atoms with Crippen LogP contribution in [-0.2, 0) is 0 Å². The number of hydrogen-bond donors (Lipinski definition) is 1. The van der Waals surface area contributed by atoms with Crippen LogP contribution >= 0.6 is 0 Å². The van der Waals surface area contributed by atoms with Gasteiger partial charge in [0.05, 0.1) is 0 Å². The Labute approximate surface area is 109 Å². The van der Waals surface area contributed by atoms with Crippen LogP contribution in [0.3, 0.4) is 0 Å². The Morgan fingerprint density at radius 2 is 2.28 bits per heavy atom. The maximum atomic E-state index is 5.65. The zero-order valence-electron chi connectivity index (χ0n) is 11.5. The molecule has 100 valence electrons. The van der Waals surface area contributed by atoms with Crippen molar-refractivity contribution in [3.63, 3.8) is 0 Å². The first-order valence-corrected chi connectivity index (χ1v) is 6.67. The van der Waals surface area contributed by atoms with Gasteiger partial charge in [0.2, 0.25) is 5.88 Å². The van der Waals surface area contributed by atoms with Crippen LogP contribution in [0.1, 0.15) is 31.4 Å². The lowest BCUT2D eigenvalue weighted by Crippen LogP contribution is -2.26. The third kappa shape index (κ3) is 3.68. The van der Waals surface area contributed by atoms with Crippen LogP contribution in [0.15, 0.2) is 18.3 Å². The number of pyridine rings is 1. The molecule has 4 nitrogen and oxygen atoms in total. The van der Waals surface area contributed by atoms with Gasteiger partial charge in [0.25, 0.3) is 0 Å². The molecule has 1 aliphatic carbocycles. The fraction of sp³-hybridized carbons (Fsp3) is 0.643. The molecule has 1 heterocycles. The number of hydrogen-bond acceptors (Lipinski definition) is 4. The summed E-state index contributed by atoms with van der Waals surface area (Å²) in [7, 11) is 4.11. The van der Waals surface area contributed by atoms with Crippen LogP contribution in [0.4, 0.5) is 0 Å². The van der Waals surface area contributed by atoms with Crippen molar-refractivity contribution >= 4 is 0 Å². The molecular formula is C14H23N3O. The number of rotatable bonds is 7. The second-order valence-electron chi connectivity index (χ2n) is 5.00. The van der Waals surface area contributed by atoms with Crippen LogP contribution in [0.25, 0.3) is 0 Å². The Morgan fingerprint density at radius 3 is 2.83 bits per heavy atom. The van der Waals surface area contributed by atoms with Gasteiger partial charge in [0, 0.05) is 30.9 Å². The van der Waals surface area contributed by atoms with Gasteiger partial charge >= 0.3 is 0 Å². The molecule has 1 aromatic rings. The largest absolute Gasteiger partial charge is 0.476 e. The lowest BCUT2D eigenvalue weighted by Gasteiger charge is -2.15. The maximum Gasteiger partial charge on any atom is 0.213 e. The van der Waals surface area contributed by atoms with E-state index in [1.54, 1.807) is 0 Å². The number of nitrogens with zero attached hydrogens (tertiary/aromatic N) is 2. The van der Waals surface area contributed by atoms with Crippen LogP contribution in [0.2, 0.25) is 0 Å². The Balaban J connectivity index is 1.75. The molecular weight excluding hydrogens is 226 g/mol. The molecule has 1 fully saturated rings. The highest BCUT2D eigenvalue weighted by Gasteiger charge is 2.25. The van der Waals surface area contributed by atoms with Gasteiger partial charge in [0.15, 0.2) is 0 Å². The number of nitrogens with one attached hydrogen (secondary N) is 1. The fourth-order valence-electron chi connectivity index (χ4n) is 1.89. The van der Waals surface area contributed by atoms with Crippen molar-refractivity contribution < 1.29 is 4.74 Å². The summed E-state index contributed by atoms with van der Waals surface area (Å²) in [6.07, 6.45) is 4.55. The van der Waals surface area contributed by atoms with Gasteiger partial charge in [-0.15, -0.1) is 0 Å². The smallest absolute Gasteiger partial charge is 0.213 e. The number of likely N-dealkylation sites (N-methyl/N-ethyl adjacent to an activating group) is 1. The summed E-state index contributed by atoms with van der Waals surface area (Å²) in [6, 6.07) is 5.13. The molecule has 1 N–H and O–H groups in total. The van der Waals surface area contributed by atoms with E-state index in [0.717, 1.165) is 12.6 Å². The molecule has 2 rings (SSSR count). The minimum absolute atomic E-state index is 0.326. The second kappa shape index (κ2) is 6.16. The van der Waals surface area contributed by atoms with E-state index in [4.69, 9.17) is 4.74 Å². The van der Waals surface area contributed by atoms with E-state index >= 15 is 0 Å². The minimum atomic E-state index is 0.326. The van der Waals surface area contributed by atoms with Crippen molar-refractivity contribution in [1.29, 1.82) is 0 Å². The summed E-state index contributed by atoms with van der Waals surface area (Å²) in [6.45, 7) is 3.80. The van der Waals surface area contributed by atoms with Gasteiger partial charge in [-0.2, -0.15) is 0 Å². The lowest BCUT2D eigenvalue weighted by atomic mass is 10.1. The Kier molecular flexibility index (Phi) is 4.55. The molecule has 1 aromatic heterocycles. The molecule has 0 aliphatic heterocycles. The highest BCUT2D eigenvalue weighted by Crippen LogP contribution is 2.24. The predicted octanol–water partition coefficient (Wildman–Crippen LogP) is 1.83. The Morgan fingerprint density at radius 1 is 1.50 bits per heavy atom. The van der Waals surface area contributed by atoms with Crippen LogP contribution in [0, 0.1) is 0 Å². The van der Waals surface area contributed by atoms with Crippen molar-refractivity contribution in [3.05, 3.63) is 23.9 Å². The summed E-state index contributed by atoms with van der Waals surface area (Å²) >= 11 is 0. The maximum absolute atomic E-state index is 5.65. The molecule has 0 aromatic carbocycles. The molecule has 0 saturated heterocycles. The molecule has 4 heteroatoms. The van der Waals surface area contributed by atoms with Gasteiger partial charge < -0.3 is 15.0 Å². The van der Waals surface area contributed by atoms with Gasteiger partial charge in [-0.05, 0) is 39.4 Å². The number of aromatic nitrogens is 1. The summed E-state index contributed by atoms with van der Waals surface area (Å²) in [5.74, 6) is 0.714. The molecule has 1 atom stereocenters. The van der Waals surface area contributed by atoms with Crippen molar-refractivity contribution in [2.75, 3.05) is 27.2 Å². The fourth-order valence-corrected chi connectivity index (χ4v) is 1.89. The van der Waals surface area contributed by atoms with Crippen molar-refractivity contribution in [2.45, 2.75) is 31.8 Å². The van der Waals surface area contributed by atoms with Crippen LogP contribution < -0.4 is 10.1 Å². The molecule has 1 aliphatic rings. The third-order valence-corrected chi connectivity index (χ3v) is 3.56. The average molecular weight is 249 g/mol. The van der Waals surface area contributed by atoms with E-state index in [9.17, 15) is 0 Å². The van der Waals surface area contributed by atoms with Crippen molar-refractivity contribution in [2.24, 2.45) is 0 Å². The minimum Gasteiger partial charge on any atom is -0.476 e. The average Bonchev–Trinajstić information content (AvgIpc) is 3.23. The van der Waals surface area contributed by atoms with Crippen LogP contribution in [-0.4, -0.2) is 43.2 Å². The summed E-state index contributed by atoms with van der Waals surface area (Å²) in [4.78, 5) is 6.68. The number of ether oxygens (including phenoxy) is 1. The molecule has 1 unspecified atom stereocenters. The summed E-state index contributed by atoms with van der Waals surface area (Å²) in [5, 5.41) is 3.19. The zero-order valence-corrected chi connectivity index (χ0v) is 11.5. The van der Waals surface area contributed by atoms with E-state index in [2.05, 4.69) is 35.2 Å². The molecule has 0 spiro atoms. The predicted molar refractivity (Wildman–Crippen MR) is 72.9 cm³/mol. The zero-order chi connectivity index (χ0) is 13.0. The van der Waals surface area contributed by atoms with E-state index < -0.39 is 0 Å². The lowest BCUT2D eigenvalue weighted by molar-refractivity contribution is 0.226. The van der Waals surface area contributed by atoms with Crippen molar-refractivity contribution in [1.82, 2.24) is 15.2 Å². The monoisotopic (exact) mass is 249 g/mol. The van der Waals surface area contributed by atoms with Gasteiger partial charge in [-0.25, -0.2) is 4.98 Å². The molecule has 1 saturated carbocycles. The highest BCUT2D eigenvalue weighted by molar-refractivity contribution is 5.20. The second-order valence-corrected chi connectivity index (χ2v) is 5.00. The van der Waals surface area contributed by atoms with Gasteiger partial charge in [0.1, 0.15) is 6.61 Å². The first kappa shape index (κ1) is 13.3. The Hall–Kier alpha value is -1.13. The van der Waals surface area contributed by atoms with E-state index in [1.807, 2.05) is 19.3 Å².